The fourth-order valence-electron chi connectivity index (χ4n) is 8.02. The summed E-state index contributed by atoms with van der Waals surface area (Å²) in [4.78, 5) is 85.4. The number of hydrogen-bond acceptors (Lipinski definition) is 17. The molecule has 2 aromatic heterocycles. The Bertz CT molecular complexity index is 3130. The van der Waals surface area contributed by atoms with E-state index in [4.69, 9.17) is 35.1 Å². The molecule has 4 unspecified atom stereocenters. The number of halogens is 2. The molecule has 3 aliphatic rings. The fraction of sp³-hybridized carbons (Fsp3) is 0.442. The number of azide groups is 1. The number of ether oxygens (including phenoxy) is 4. The van der Waals surface area contributed by atoms with Gasteiger partial charge >= 0.3 is 35.9 Å². The summed E-state index contributed by atoms with van der Waals surface area (Å²) in [7, 11) is -15.3. The summed E-state index contributed by atoms with van der Waals surface area (Å²) in [6.07, 6.45) is 4.28. The van der Waals surface area contributed by atoms with Crippen molar-refractivity contribution in [2.24, 2.45) is 5.11 Å². The standard InChI is InChI=1S/C43H54BF2N10O17P3/c1-28-21-29(2)55-37(28)23-33-12-11-32(56(33)44(55,45)46)13-14-34(57)9-6-18-50-42(59)30-7-4-10-35(22-30)69-27-39(52-53-48)68-20-19-67-26-38(58)49-17-5-8-31-24-54(43(60)51-41(31)47)40-16-15-36(71-40)25-70-75(63,64)73-76(65,66)72-74(3,61)62/h4,7,10-12,21-24,36,39-40H,6,9,13-20,25-27H2,1-3H3,(H,49,58)(H,50,59)(H,61,62)(H,63,64)(H,65,66)(H2,47,51,60)/t36-,39?,40+/m0/s1. The average Bonchev–Trinajstić information content (AvgIpc) is 4.06. The number of hydrogen-bond donors (Lipinski definition) is 6. The van der Waals surface area contributed by atoms with Gasteiger partial charge in [0.05, 0.1) is 38.0 Å². The normalized spacial score (nSPS) is 19.1. The van der Waals surface area contributed by atoms with E-state index < -0.39 is 79.5 Å². The van der Waals surface area contributed by atoms with Crippen molar-refractivity contribution in [2.75, 3.05) is 58.5 Å². The van der Waals surface area contributed by atoms with Gasteiger partial charge in [0.1, 0.15) is 42.5 Å². The highest BCUT2D eigenvalue weighted by Gasteiger charge is 2.52. The van der Waals surface area contributed by atoms with Crippen LogP contribution in [0.15, 0.2) is 64.3 Å². The predicted octanol–water partition coefficient (Wildman–Crippen LogP) is 4.36. The molecule has 2 amide bonds. The van der Waals surface area contributed by atoms with Gasteiger partial charge in [-0.05, 0) is 74.2 Å². The van der Waals surface area contributed by atoms with Crippen LogP contribution in [0, 0.1) is 25.7 Å². The molecule has 5 heterocycles. The summed E-state index contributed by atoms with van der Waals surface area (Å²) in [6, 6.07) is 7.90. The molecule has 3 aliphatic heterocycles. The number of carbonyl (C=O) groups excluding carboxylic acids is 3. The summed E-state index contributed by atoms with van der Waals surface area (Å²) >= 11 is 0. The number of aromatic nitrogens is 3. The maximum atomic E-state index is 15.7. The minimum absolute atomic E-state index is 0.0652. The van der Waals surface area contributed by atoms with Crippen molar-refractivity contribution in [3.63, 3.8) is 0 Å². The summed E-state index contributed by atoms with van der Waals surface area (Å²) in [5.74, 6) is 4.26. The van der Waals surface area contributed by atoms with Crippen molar-refractivity contribution in [3.8, 4) is 17.6 Å². The molecule has 410 valence electrons. The quantitative estimate of drug-likeness (QED) is 0.0117. The third kappa shape index (κ3) is 16.7. The van der Waals surface area contributed by atoms with Gasteiger partial charge in [0, 0.05) is 73.1 Å². The maximum absolute atomic E-state index is 15.7. The Labute approximate surface area is 432 Å². The zero-order chi connectivity index (χ0) is 55.4. The van der Waals surface area contributed by atoms with Crippen molar-refractivity contribution < 1.29 is 88.0 Å². The van der Waals surface area contributed by atoms with Gasteiger partial charge in [-0.25, -0.2) is 18.2 Å². The maximum Gasteiger partial charge on any atom is 0.737 e. The van der Waals surface area contributed by atoms with Crippen LogP contribution in [0.3, 0.4) is 0 Å². The van der Waals surface area contributed by atoms with Crippen LogP contribution in [0.2, 0.25) is 0 Å². The van der Waals surface area contributed by atoms with Gasteiger partial charge in [-0.15, -0.1) is 0 Å². The second-order valence-corrected chi connectivity index (χ2v) is 22.2. The molecular formula is C43H54BF2N10O17P3. The van der Waals surface area contributed by atoms with Crippen molar-refractivity contribution in [1.29, 1.82) is 0 Å². The van der Waals surface area contributed by atoms with Gasteiger partial charge in [0.25, 0.3) is 5.91 Å². The Morgan fingerprint density at radius 2 is 1.87 bits per heavy atom. The van der Waals surface area contributed by atoms with E-state index in [2.05, 4.69) is 50.6 Å². The van der Waals surface area contributed by atoms with E-state index in [9.17, 15) is 42.7 Å². The molecule has 6 rings (SSSR count). The third-order valence-electron chi connectivity index (χ3n) is 11.3. The minimum atomic E-state index is -5.47. The Balaban J connectivity index is 0.849. The molecule has 1 fully saturated rings. The van der Waals surface area contributed by atoms with Crippen molar-refractivity contribution in [3.05, 3.63) is 103 Å². The van der Waals surface area contributed by atoms with E-state index in [1.165, 1.54) is 12.3 Å². The fourth-order valence-corrected chi connectivity index (χ4v) is 11.5. The number of nitrogens with one attached hydrogen (secondary N) is 2. The van der Waals surface area contributed by atoms with E-state index in [0.29, 0.717) is 35.9 Å². The third-order valence-corrected chi connectivity index (χ3v) is 15.4. The highest BCUT2D eigenvalue weighted by Crippen LogP contribution is 2.66. The van der Waals surface area contributed by atoms with E-state index in [1.807, 2.05) is 0 Å². The Morgan fingerprint density at radius 1 is 1.09 bits per heavy atom. The van der Waals surface area contributed by atoms with Crippen LogP contribution in [-0.2, 0) is 50.6 Å². The van der Waals surface area contributed by atoms with Gasteiger partial charge in [-0.2, -0.15) is 9.29 Å². The molecule has 0 saturated carbocycles. The Kier molecular flexibility index (Phi) is 20.1. The molecule has 33 heteroatoms. The molecule has 0 spiro atoms. The lowest BCUT2D eigenvalue weighted by atomic mass is 9.90. The van der Waals surface area contributed by atoms with E-state index in [1.54, 1.807) is 56.3 Å². The predicted molar refractivity (Wildman–Crippen MR) is 267 cm³/mol. The van der Waals surface area contributed by atoms with E-state index in [0.717, 1.165) is 19.1 Å². The molecule has 3 aromatic rings. The lowest BCUT2D eigenvalue weighted by Gasteiger charge is -2.30. The smallest absolute Gasteiger partial charge is 0.491 e. The van der Waals surface area contributed by atoms with Gasteiger partial charge in [-0.3, -0.25) is 28.0 Å². The number of carbonyl (C=O) groups is 3. The number of aryl methyl sites for hydroxylation is 2. The number of nitrogens with two attached hydrogens (primary N) is 1. The molecule has 1 saturated heterocycles. The monoisotopic (exact) mass is 1120 g/mol. The second-order valence-electron chi connectivity index (χ2n) is 17.2. The average molecular weight is 1120 g/mol. The van der Waals surface area contributed by atoms with Crippen LogP contribution in [0.1, 0.15) is 77.6 Å². The molecule has 1 aromatic carbocycles. The highest BCUT2D eigenvalue weighted by molar-refractivity contribution is 7.68. The van der Waals surface area contributed by atoms with Crippen LogP contribution < -0.4 is 26.8 Å². The number of anilines is 1. The van der Waals surface area contributed by atoms with Crippen LogP contribution >= 0.6 is 23.2 Å². The number of Topliss-reactive ketones (excluding diaryl/α,β-unsaturated/α-hetero) is 1. The number of benzene rings is 1. The molecule has 0 radical (unpaired) electrons. The molecular weight excluding hydrogens is 1070 g/mol. The summed E-state index contributed by atoms with van der Waals surface area (Å²) < 4.78 is 105. The zero-order valence-electron chi connectivity index (χ0n) is 41.1. The number of nitrogen functional groups attached to an aromatic ring is 1. The molecule has 76 heavy (non-hydrogen) atoms. The van der Waals surface area contributed by atoms with Crippen LogP contribution in [0.5, 0.6) is 5.75 Å². The van der Waals surface area contributed by atoms with Gasteiger partial charge in [-0.1, -0.05) is 23.0 Å². The Hall–Kier alpha value is -6.14. The van der Waals surface area contributed by atoms with Gasteiger partial charge < -0.3 is 67.6 Å². The number of phosphoric ester groups is 1. The van der Waals surface area contributed by atoms with Gasteiger partial charge in [0.2, 0.25) is 5.91 Å². The molecule has 7 N–H and O–H groups in total. The van der Waals surface area contributed by atoms with E-state index >= 15 is 8.63 Å². The number of allylic oxidation sites excluding steroid dienone is 2. The van der Waals surface area contributed by atoms with Crippen LogP contribution in [0.25, 0.3) is 16.5 Å². The van der Waals surface area contributed by atoms with E-state index in [-0.39, 0.29) is 93.5 Å². The molecule has 0 aliphatic carbocycles. The first-order valence-corrected chi connectivity index (χ1v) is 28.2. The van der Waals surface area contributed by atoms with Crippen molar-refractivity contribution >= 4 is 65.4 Å². The first-order chi connectivity index (χ1) is 35.8. The zero-order valence-corrected chi connectivity index (χ0v) is 43.7. The second kappa shape index (κ2) is 25.8. The minimum Gasteiger partial charge on any atom is -0.491 e. The SMILES string of the molecule is Cc1cc(C)n2c1C=C1C=CC(CCC(=O)CCCNC(=O)c3cccc(OCC(N=[N+]=[N-])OCCOCC(=O)NCC#Cc4cn([C@H]5CC[C@@H](COP(=O)(O)OP(=O)(O)OP(C)(=O)O)O5)c(=O)nc4N)c3)=[N+]1[B-]2(F)F. The first-order valence-electron chi connectivity index (χ1n) is 23.2. The lowest BCUT2D eigenvalue weighted by Crippen LogP contribution is -2.50. The number of nitrogens with zero attached hydrogens (tertiary/aromatic N) is 7. The molecule has 27 nitrogen and oxygen atoms in total. The first kappa shape index (κ1) is 59.1. The van der Waals surface area contributed by atoms with Crippen molar-refractivity contribution in [1.82, 2.24) is 24.7 Å². The number of ketones is 1. The number of amides is 2. The summed E-state index contributed by atoms with van der Waals surface area (Å²) in [5.41, 5.74) is 16.9. The number of rotatable bonds is 27. The molecule has 0 bridgehead atoms. The van der Waals surface area contributed by atoms with Crippen LogP contribution in [0.4, 0.5) is 14.4 Å². The largest absolute Gasteiger partial charge is 0.737 e. The lowest BCUT2D eigenvalue weighted by molar-refractivity contribution is -0.362. The molecule has 6 atom stereocenters. The van der Waals surface area contributed by atoms with Crippen molar-refractivity contribution in [2.45, 2.75) is 70.9 Å². The van der Waals surface area contributed by atoms with Crippen LogP contribution in [-0.4, -0.2) is 129 Å². The number of fused-ring (bicyclic) bond motifs is 2. The Morgan fingerprint density at radius 3 is 2.62 bits per heavy atom. The topological polar surface area (TPSA) is 369 Å². The summed E-state index contributed by atoms with van der Waals surface area (Å²) in [6.45, 7) is -1.65. The summed E-state index contributed by atoms with van der Waals surface area (Å²) in [5, 5.41) is 8.81. The highest BCUT2D eigenvalue weighted by atomic mass is 31.3. The number of phosphoric acid groups is 2. The van der Waals surface area contributed by atoms with Gasteiger partial charge in [0.15, 0.2) is 11.9 Å².